The summed E-state index contributed by atoms with van der Waals surface area (Å²) in [5.41, 5.74) is 0.686. The Morgan fingerprint density at radius 2 is 1.88 bits per heavy atom. The van der Waals surface area contributed by atoms with E-state index in [-0.39, 0.29) is 36.3 Å². The Morgan fingerprint density at radius 1 is 1.29 bits per heavy atom. The van der Waals surface area contributed by atoms with Crippen molar-refractivity contribution in [1.29, 1.82) is 0 Å². The molecule has 1 aromatic rings. The number of benzene rings is 1. The second-order valence-corrected chi connectivity index (χ2v) is 6.61. The smallest absolute Gasteiger partial charge is 0.194 e. The number of aliphatic imine (C=N–C) groups is 1. The Labute approximate surface area is 161 Å². The lowest BCUT2D eigenvalue weighted by Crippen LogP contribution is -2.48. The van der Waals surface area contributed by atoms with Crippen LogP contribution < -0.4 is 5.32 Å². The summed E-state index contributed by atoms with van der Waals surface area (Å²) in [7, 11) is 0. The van der Waals surface area contributed by atoms with Crippen LogP contribution in [0.5, 0.6) is 0 Å². The fraction of sp³-hybridized carbons (Fsp3) is 0.611. The standard InChI is InChI=1S/C18H28FN3O.HI/c1-4-20-18(22-11-13(2)9-14(3)12-22)21-10-17(23)15-5-7-16(19)8-6-15;/h5-8,13-14,17,23H,4,9-12H2,1-3H3,(H,20,21);1H. The number of halogens is 2. The molecule has 1 aromatic carbocycles. The number of nitrogens with zero attached hydrogens (tertiary/aromatic N) is 2. The number of likely N-dealkylation sites (tertiary alicyclic amines) is 1. The van der Waals surface area contributed by atoms with Crippen molar-refractivity contribution in [2.24, 2.45) is 16.8 Å². The monoisotopic (exact) mass is 449 g/mol. The average molecular weight is 449 g/mol. The summed E-state index contributed by atoms with van der Waals surface area (Å²) >= 11 is 0. The van der Waals surface area contributed by atoms with Gasteiger partial charge in [0.1, 0.15) is 5.82 Å². The first-order valence-electron chi connectivity index (χ1n) is 8.46. The van der Waals surface area contributed by atoms with Crippen LogP contribution >= 0.6 is 24.0 Å². The second-order valence-electron chi connectivity index (χ2n) is 6.61. The molecule has 0 bridgehead atoms. The van der Waals surface area contributed by atoms with E-state index in [1.54, 1.807) is 12.1 Å². The Morgan fingerprint density at radius 3 is 2.42 bits per heavy atom. The van der Waals surface area contributed by atoms with Crippen LogP contribution in [0.3, 0.4) is 0 Å². The number of hydrogen-bond acceptors (Lipinski definition) is 2. The van der Waals surface area contributed by atoms with Gasteiger partial charge in [-0.2, -0.15) is 0 Å². The third kappa shape index (κ3) is 6.20. The number of aliphatic hydroxyl groups is 1. The molecule has 24 heavy (non-hydrogen) atoms. The molecule has 6 heteroatoms. The summed E-state index contributed by atoms with van der Waals surface area (Å²) in [5, 5.41) is 13.6. The van der Waals surface area contributed by atoms with Gasteiger partial charge in [0.2, 0.25) is 0 Å². The molecule has 0 aliphatic carbocycles. The summed E-state index contributed by atoms with van der Waals surface area (Å²) in [6.45, 7) is 9.62. The zero-order valence-electron chi connectivity index (χ0n) is 14.7. The molecule has 0 aromatic heterocycles. The SMILES string of the molecule is CCNC(=NCC(O)c1ccc(F)cc1)N1CC(C)CC(C)C1.I. The number of piperidine rings is 1. The summed E-state index contributed by atoms with van der Waals surface area (Å²) in [4.78, 5) is 6.87. The first-order chi connectivity index (χ1) is 11.0. The lowest BCUT2D eigenvalue weighted by molar-refractivity contribution is 0.183. The highest BCUT2D eigenvalue weighted by atomic mass is 127. The van der Waals surface area contributed by atoms with Gasteiger partial charge in [0, 0.05) is 19.6 Å². The van der Waals surface area contributed by atoms with Gasteiger partial charge in [0.15, 0.2) is 5.96 Å². The molecular formula is C18H29FIN3O. The summed E-state index contributed by atoms with van der Waals surface area (Å²) in [5.74, 6) is 1.84. The number of guanidine groups is 1. The van der Waals surface area contributed by atoms with Crippen LogP contribution in [0.25, 0.3) is 0 Å². The molecule has 0 amide bonds. The molecule has 1 heterocycles. The lowest BCUT2D eigenvalue weighted by Gasteiger charge is -2.37. The van der Waals surface area contributed by atoms with E-state index in [0.717, 1.165) is 25.6 Å². The van der Waals surface area contributed by atoms with Crippen LogP contribution in [0.4, 0.5) is 4.39 Å². The molecule has 136 valence electrons. The van der Waals surface area contributed by atoms with Crippen molar-refractivity contribution >= 4 is 29.9 Å². The molecular weight excluding hydrogens is 420 g/mol. The zero-order valence-corrected chi connectivity index (χ0v) is 17.0. The molecule has 0 spiro atoms. The predicted octanol–water partition coefficient (Wildman–Crippen LogP) is 3.42. The minimum Gasteiger partial charge on any atom is -0.386 e. The Hall–Kier alpha value is -0.890. The molecule has 3 atom stereocenters. The number of rotatable bonds is 4. The second kappa shape index (κ2) is 10.2. The molecule has 1 fully saturated rings. The van der Waals surface area contributed by atoms with Gasteiger partial charge in [-0.3, -0.25) is 4.99 Å². The molecule has 2 N–H and O–H groups in total. The van der Waals surface area contributed by atoms with Crippen LogP contribution in [0.2, 0.25) is 0 Å². The van der Waals surface area contributed by atoms with Gasteiger partial charge < -0.3 is 15.3 Å². The first-order valence-corrected chi connectivity index (χ1v) is 8.46. The molecule has 2 rings (SSSR count). The lowest BCUT2D eigenvalue weighted by atomic mass is 9.92. The molecule has 1 aliphatic heterocycles. The fourth-order valence-electron chi connectivity index (χ4n) is 3.22. The Balaban J connectivity index is 0.00000288. The van der Waals surface area contributed by atoms with Crippen LogP contribution in [0.1, 0.15) is 38.9 Å². The van der Waals surface area contributed by atoms with Crippen molar-refractivity contribution in [1.82, 2.24) is 10.2 Å². The number of nitrogens with one attached hydrogen (secondary N) is 1. The Bertz CT molecular complexity index is 514. The van der Waals surface area contributed by atoms with Crippen molar-refractivity contribution < 1.29 is 9.50 Å². The molecule has 1 aliphatic rings. The third-order valence-electron chi connectivity index (χ3n) is 4.17. The van der Waals surface area contributed by atoms with E-state index in [9.17, 15) is 9.50 Å². The molecule has 0 radical (unpaired) electrons. The normalized spacial score (nSPS) is 22.7. The van der Waals surface area contributed by atoms with E-state index in [4.69, 9.17) is 0 Å². The van der Waals surface area contributed by atoms with E-state index in [2.05, 4.69) is 29.1 Å². The minimum atomic E-state index is -0.719. The Kier molecular flexibility index (Phi) is 8.97. The minimum absolute atomic E-state index is 0. The van der Waals surface area contributed by atoms with E-state index in [1.165, 1.54) is 18.6 Å². The van der Waals surface area contributed by atoms with Crippen molar-refractivity contribution in [3.63, 3.8) is 0 Å². The van der Waals surface area contributed by atoms with Crippen LogP contribution in [0.15, 0.2) is 29.3 Å². The van der Waals surface area contributed by atoms with E-state index in [1.807, 2.05) is 6.92 Å². The maximum absolute atomic E-state index is 13.0. The number of aliphatic hydroxyl groups excluding tert-OH is 1. The van der Waals surface area contributed by atoms with Crippen molar-refractivity contribution in [3.8, 4) is 0 Å². The van der Waals surface area contributed by atoms with Crippen molar-refractivity contribution in [3.05, 3.63) is 35.6 Å². The number of hydrogen-bond donors (Lipinski definition) is 2. The van der Waals surface area contributed by atoms with Gasteiger partial charge in [0.25, 0.3) is 0 Å². The summed E-state index contributed by atoms with van der Waals surface area (Å²) < 4.78 is 13.0. The maximum atomic E-state index is 13.0. The summed E-state index contributed by atoms with van der Waals surface area (Å²) in [6.07, 6.45) is 0.526. The molecule has 3 unspecified atom stereocenters. The van der Waals surface area contributed by atoms with Crippen molar-refractivity contribution in [2.75, 3.05) is 26.2 Å². The third-order valence-corrected chi connectivity index (χ3v) is 4.17. The zero-order chi connectivity index (χ0) is 16.8. The maximum Gasteiger partial charge on any atom is 0.194 e. The molecule has 0 saturated carbocycles. The quantitative estimate of drug-likeness (QED) is 0.421. The van der Waals surface area contributed by atoms with Gasteiger partial charge in [-0.1, -0.05) is 26.0 Å². The van der Waals surface area contributed by atoms with Gasteiger partial charge in [-0.15, -0.1) is 24.0 Å². The van der Waals surface area contributed by atoms with Crippen molar-refractivity contribution in [2.45, 2.75) is 33.3 Å². The summed E-state index contributed by atoms with van der Waals surface area (Å²) in [6, 6.07) is 5.93. The van der Waals surface area contributed by atoms with E-state index >= 15 is 0 Å². The van der Waals surface area contributed by atoms with Gasteiger partial charge in [0.05, 0.1) is 12.6 Å². The largest absolute Gasteiger partial charge is 0.386 e. The fourth-order valence-corrected chi connectivity index (χ4v) is 3.22. The van der Waals surface area contributed by atoms with E-state index < -0.39 is 6.10 Å². The first kappa shape index (κ1) is 21.2. The predicted molar refractivity (Wildman–Crippen MR) is 107 cm³/mol. The van der Waals surface area contributed by atoms with Crippen LogP contribution in [-0.2, 0) is 0 Å². The topological polar surface area (TPSA) is 47.9 Å². The van der Waals surface area contributed by atoms with Crippen LogP contribution in [0, 0.1) is 17.7 Å². The average Bonchev–Trinajstić information content (AvgIpc) is 2.50. The highest BCUT2D eigenvalue weighted by molar-refractivity contribution is 14.0. The van der Waals surface area contributed by atoms with Gasteiger partial charge in [-0.25, -0.2) is 4.39 Å². The van der Waals surface area contributed by atoms with Gasteiger partial charge in [-0.05, 0) is 42.9 Å². The van der Waals surface area contributed by atoms with Gasteiger partial charge >= 0.3 is 0 Å². The molecule has 4 nitrogen and oxygen atoms in total. The highest BCUT2D eigenvalue weighted by Crippen LogP contribution is 2.21. The highest BCUT2D eigenvalue weighted by Gasteiger charge is 2.24. The molecule has 1 saturated heterocycles. The van der Waals surface area contributed by atoms with E-state index in [0.29, 0.717) is 17.4 Å². The van der Waals surface area contributed by atoms with Crippen LogP contribution in [-0.4, -0.2) is 42.1 Å².